The first-order chi connectivity index (χ1) is 12.3. The maximum atomic E-state index is 12.3. The van der Waals surface area contributed by atoms with E-state index >= 15 is 0 Å². The van der Waals surface area contributed by atoms with Gasteiger partial charge >= 0.3 is 5.97 Å². The molecule has 26 heavy (non-hydrogen) atoms. The molecule has 0 bridgehead atoms. The largest absolute Gasteiger partial charge is 0.424 e. The third-order valence-corrected chi connectivity index (χ3v) is 4.75. The van der Waals surface area contributed by atoms with E-state index in [1.807, 2.05) is 6.07 Å². The van der Waals surface area contributed by atoms with Gasteiger partial charge in [-0.15, -0.1) is 0 Å². The van der Waals surface area contributed by atoms with Gasteiger partial charge in [-0.1, -0.05) is 15.9 Å². The first kappa shape index (κ1) is 20.4. The van der Waals surface area contributed by atoms with Gasteiger partial charge in [0.25, 0.3) is 5.91 Å². The number of anilines is 1. The van der Waals surface area contributed by atoms with Crippen LogP contribution in [0.1, 0.15) is 12.5 Å². The minimum Gasteiger partial charge on any atom is -0.424 e. The van der Waals surface area contributed by atoms with E-state index in [1.165, 1.54) is 13.0 Å². The van der Waals surface area contributed by atoms with Crippen molar-refractivity contribution < 1.29 is 14.3 Å². The number of benzene rings is 2. The highest BCUT2D eigenvalue weighted by Crippen LogP contribution is 2.35. The van der Waals surface area contributed by atoms with Crippen LogP contribution in [0.4, 0.5) is 5.69 Å². The molecule has 2 aromatic rings. The van der Waals surface area contributed by atoms with E-state index < -0.39 is 11.9 Å². The fourth-order valence-electron chi connectivity index (χ4n) is 1.95. The molecule has 1 N–H and O–H groups in total. The molecule has 2 rings (SSSR count). The Morgan fingerprint density at radius 3 is 2.19 bits per heavy atom. The molecular formula is C18H11Br3N2O3. The molecule has 0 saturated carbocycles. The second-order valence-electron chi connectivity index (χ2n) is 5.04. The number of nitrogens with one attached hydrogen (secondary N) is 1. The lowest BCUT2D eigenvalue weighted by molar-refractivity contribution is -0.132. The lowest BCUT2D eigenvalue weighted by atomic mass is 10.1. The van der Waals surface area contributed by atoms with Gasteiger partial charge in [-0.25, -0.2) is 0 Å². The zero-order valence-electron chi connectivity index (χ0n) is 13.3. The molecule has 0 radical (unpaired) electrons. The summed E-state index contributed by atoms with van der Waals surface area (Å²) in [5, 5.41) is 12.0. The van der Waals surface area contributed by atoms with Crippen LogP contribution in [-0.2, 0) is 9.59 Å². The molecule has 0 fully saturated rings. The Morgan fingerprint density at radius 2 is 1.69 bits per heavy atom. The normalized spacial score (nSPS) is 10.8. The van der Waals surface area contributed by atoms with Crippen LogP contribution in [0, 0.1) is 11.3 Å². The third-order valence-electron chi connectivity index (χ3n) is 3.04. The Labute approximate surface area is 175 Å². The van der Waals surface area contributed by atoms with E-state index in [4.69, 9.17) is 4.74 Å². The van der Waals surface area contributed by atoms with Gasteiger partial charge in [-0.05, 0) is 79.9 Å². The highest BCUT2D eigenvalue weighted by atomic mass is 79.9. The van der Waals surface area contributed by atoms with Gasteiger partial charge in [0.2, 0.25) is 0 Å². The molecule has 0 saturated heterocycles. The summed E-state index contributed by atoms with van der Waals surface area (Å²) >= 11 is 9.94. The smallest absolute Gasteiger partial charge is 0.308 e. The maximum absolute atomic E-state index is 12.3. The summed E-state index contributed by atoms with van der Waals surface area (Å²) in [4.78, 5) is 23.4. The average Bonchev–Trinajstić information content (AvgIpc) is 2.57. The fraction of sp³-hybridized carbons (Fsp3) is 0.0556. The number of hydrogen-bond acceptors (Lipinski definition) is 4. The summed E-state index contributed by atoms with van der Waals surface area (Å²) in [5.41, 5.74) is 1.10. The maximum Gasteiger partial charge on any atom is 0.308 e. The SMILES string of the molecule is CC(=O)Oc1c(Br)cc(/C=C(/C#N)C(=O)Nc2ccc(Br)cc2)cc1Br. The van der Waals surface area contributed by atoms with Crippen LogP contribution in [-0.4, -0.2) is 11.9 Å². The Hall–Kier alpha value is -1.95. The van der Waals surface area contributed by atoms with Gasteiger partial charge in [-0.2, -0.15) is 5.26 Å². The molecular weight excluding hydrogens is 532 g/mol. The van der Waals surface area contributed by atoms with Crippen LogP contribution in [0.2, 0.25) is 0 Å². The van der Waals surface area contributed by atoms with Gasteiger partial charge in [0.1, 0.15) is 11.6 Å². The van der Waals surface area contributed by atoms with E-state index in [2.05, 4.69) is 53.1 Å². The van der Waals surface area contributed by atoms with Crippen molar-refractivity contribution >= 4 is 71.4 Å². The van der Waals surface area contributed by atoms with E-state index in [-0.39, 0.29) is 5.57 Å². The molecule has 0 aromatic heterocycles. The van der Waals surface area contributed by atoms with Gasteiger partial charge < -0.3 is 10.1 Å². The average molecular weight is 543 g/mol. The molecule has 2 aromatic carbocycles. The van der Waals surface area contributed by atoms with Crippen molar-refractivity contribution in [3.8, 4) is 11.8 Å². The van der Waals surface area contributed by atoms with Crippen LogP contribution < -0.4 is 10.1 Å². The summed E-state index contributed by atoms with van der Waals surface area (Å²) in [7, 11) is 0. The Bertz CT molecular complexity index is 909. The minimum atomic E-state index is -0.522. The predicted molar refractivity (Wildman–Crippen MR) is 110 cm³/mol. The van der Waals surface area contributed by atoms with E-state index in [0.717, 1.165) is 4.47 Å². The molecule has 8 heteroatoms. The standard InChI is InChI=1S/C18H11Br3N2O3/c1-10(24)26-17-15(20)7-11(8-16(17)21)6-12(9-22)18(25)23-14-4-2-13(19)3-5-14/h2-8H,1H3,(H,23,25)/b12-6-. The Kier molecular flexibility index (Phi) is 7.14. The van der Waals surface area contributed by atoms with Gasteiger partial charge in [0.05, 0.1) is 8.95 Å². The number of rotatable bonds is 4. The molecule has 0 heterocycles. The monoisotopic (exact) mass is 540 g/mol. The van der Waals surface area contributed by atoms with Crippen molar-refractivity contribution in [2.24, 2.45) is 0 Å². The van der Waals surface area contributed by atoms with Crippen molar-refractivity contribution in [3.63, 3.8) is 0 Å². The molecule has 0 aliphatic carbocycles. The van der Waals surface area contributed by atoms with Gasteiger partial charge in [-0.3, -0.25) is 9.59 Å². The fourth-order valence-corrected chi connectivity index (χ4v) is 3.60. The number of halogens is 3. The zero-order chi connectivity index (χ0) is 19.3. The zero-order valence-corrected chi connectivity index (χ0v) is 18.1. The number of carbonyl (C=O) groups is 2. The predicted octanol–water partition coefficient (Wildman–Crippen LogP) is 5.45. The molecule has 0 unspecified atom stereocenters. The summed E-state index contributed by atoms with van der Waals surface area (Å²) < 4.78 is 7.01. The third kappa shape index (κ3) is 5.53. The number of nitriles is 1. The molecule has 0 spiro atoms. The molecule has 0 atom stereocenters. The first-order valence-electron chi connectivity index (χ1n) is 7.16. The van der Waals surface area contributed by atoms with Crippen LogP contribution in [0.25, 0.3) is 6.08 Å². The summed E-state index contributed by atoms with van der Waals surface area (Å²) in [5.74, 6) is -0.653. The molecule has 0 aliphatic rings. The summed E-state index contributed by atoms with van der Waals surface area (Å²) in [6.07, 6.45) is 1.45. The topological polar surface area (TPSA) is 79.2 Å². The number of ether oxygens (including phenoxy) is 1. The van der Waals surface area contributed by atoms with E-state index in [1.54, 1.807) is 36.4 Å². The lowest BCUT2D eigenvalue weighted by Crippen LogP contribution is -2.13. The lowest BCUT2D eigenvalue weighted by Gasteiger charge is -2.09. The van der Waals surface area contributed by atoms with Crippen molar-refractivity contribution in [2.75, 3.05) is 5.32 Å². The second-order valence-corrected chi connectivity index (χ2v) is 7.66. The quantitative estimate of drug-likeness (QED) is 0.241. The van der Waals surface area contributed by atoms with E-state index in [9.17, 15) is 14.9 Å². The van der Waals surface area contributed by atoms with Crippen LogP contribution in [0.15, 0.2) is 55.4 Å². The van der Waals surface area contributed by atoms with Crippen molar-refractivity contribution in [1.82, 2.24) is 0 Å². The van der Waals surface area contributed by atoms with Gasteiger partial charge in [0, 0.05) is 17.1 Å². The molecule has 132 valence electrons. The Morgan fingerprint density at radius 1 is 1.12 bits per heavy atom. The van der Waals surface area contributed by atoms with Crippen molar-refractivity contribution in [3.05, 3.63) is 61.0 Å². The van der Waals surface area contributed by atoms with Crippen LogP contribution >= 0.6 is 47.8 Å². The number of amides is 1. The number of nitrogens with zero attached hydrogens (tertiary/aromatic N) is 1. The van der Waals surface area contributed by atoms with Crippen molar-refractivity contribution in [1.29, 1.82) is 5.26 Å². The number of hydrogen-bond donors (Lipinski definition) is 1. The number of esters is 1. The van der Waals surface area contributed by atoms with Crippen molar-refractivity contribution in [2.45, 2.75) is 6.92 Å². The second kappa shape index (κ2) is 9.12. The highest BCUT2D eigenvalue weighted by Gasteiger charge is 2.13. The number of carbonyl (C=O) groups excluding carboxylic acids is 2. The minimum absolute atomic E-state index is 0.0630. The summed E-state index contributed by atoms with van der Waals surface area (Å²) in [6.45, 7) is 1.30. The van der Waals surface area contributed by atoms with Gasteiger partial charge in [0.15, 0.2) is 5.75 Å². The van der Waals surface area contributed by atoms with Crippen LogP contribution in [0.5, 0.6) is 5.75 Å². The first-order valence-corrected chi connectivity index (χ1v) is 9.54. The highest BCUT2D eigenvalue weighted by molar-refractivity contribution is 9.11. The van der Waals surface area contributed by atoms with E-state index in [0.29, 0.717) is 25.9 Å². The molecule has 5 nitrogen and oxygen atoms in total. The van der Waals surface area contributed by atoms with Crippen LogP contribution in [0.3, 0.4) is 0 Å². The Balaban J connectivity index is 2.27. The summed E-state index contributed by atoms with van der Waals surface area (Å²) in [6, 6.07) is 12.2. The molecule has 1 amide bonds. The molecule has 0 aliphatic heterocycles.